The molecule has 2 aromatic carbocycles. The topological polar surface area (TPSA) is 55.6 Å². The number of nitrogens with zero attached hydrogens (tertiary/aromatic N) is 1. The number of benzene rings is 2. The molecule has 0 saturated carbocycles. The molecule has 1 saturated heterocycles. The smallest absolute Gasteiger partial charge is 0.307 e. The summed E-state index contributed by atoms with van der Waals surface area (Å²) < 4.78 is 5.21. The van der Waals surface area contributed by atoms with Crippen LogP contribution in [0.4, 0.5) is 5.69 Å². The van der Waals surface area contributed by atoms with Gasteiger partial charge in [-0.05, 0) is 42.3 Å². The van der Waals surface area contributed by atoms with Gasteiger partial charge in [0, 0.05) is 36.0 Å². The van der Waals surface area contributed by atoms with Gasteiger partial charge in [0.2, 0.25) is 0 Å². The minimum Gasteiger partial charge on any atom is -0.449 e. The van der Waals surface area contributed by atoms with Crippen molar-refractivity contribution in [1.29, 1.82) is 0 Å². The minimum atomic E-state index is -0.294. The number of carbonyl (C=O) groups is 1. The highest BCUT2D eigenvalue weighted by Gasteiger charge is 2.24. The first-order chi connectivity index (χ1) is 13.1. The van der Waals surface area contributed by atoms with E-state index < -0.39 is 0 Å². The molecule has 4 heteroatoms. The number of esters is 1. The largest absolute Gasteiger partial charge is 0.449 e. The lowest BCUT2D eigenvalue weighted by molar-refractivity contribution is -0.139. The molecule has 2 atom stereocenters. The van der Waals surface area contributed by atoms with Gasteiger partial charge in [-0.15, -0.1) is 0 Å². The van der Waals surface area contributed by atoms with Crippen molar-refractivity contribution < 1.29 is 9.53 Å². The number of ether oxygens (including phenoxy) is 1. The fourth-order valence-corrected chi connectivity index (χ4v) is 3.53. The van der Waals surface area contributed by atoms with E-state index in [9.17, 15) is 4.79 Å². The molecule has 1 fully saturated rings. The lowest BCUT2D eigenvalue weighted by Crippen LogP contribution is -2.35. The third-order valence-electron chi connectivity index (χ3n) is 4.93. The Morgan fingerprint density at radius 2 is 2.00 bits per heavy atom. The highest BCUT2D eigenvalue weighted by atomic mass is 16.5. The summed E-state index contributed by atoms with van der Waals surface area (Å²) in [7, 11) is 0. The van der Waals surface area contributed by atoms with Crippen molar-refractivity contribution in [2.24, 2.45) is 5.73 Å². The van der Waals surface area contributed by atoms with Crippen LogP contribution in [-0.2, 0) is 16.1 Å². The molecule has 4 rings (SSSR count). The van der Waals surface area contributed by atoms with Crippen LogP contribution < -0.4 is 10.6 Å². The number of carbonyl (C=O) groups excluding carboxylic acids is 1. The molecule has 0 amide bonds. The molecule has 136 valence electrons. The summed E-state index contributed by atoms with van der Waals surface area (Å²) in [6, 6.07) is 16.3. The molecule has 0 radical (unpaired) electrons. The number of rotatable bonds is 2. The van der Waals surface area contributed by atoms with Gasteiger partial charge in [0.1, 0.15) is 0 Å². The average molecular weight is 358 g/mol. The molecule has 0 aliphatic carbocycles. The van der Waals surface area contributed by atoms with Crippen molar-refractivity contribution in [1.82, 2.24) is 0 Å². The van der Waals surface area contributed by atoms with Gasteiger partial charge in [0.25, 0.3) is 0 Å². The van der Waals surface area contributed by atoms with Crippen LogP contribution in [0.25, 0.3) is 6.08 Å². The SMILES string of the molecule is C[C@H](N)C1=Cc2cccc(C#CC3CCC(=O)O3)c2CN1c1ccccc1. The summed E-state index contributed by atoms with van der Waals surface area (Å²) in [5, 5.41) is 0. The Kier molecular flexibility index (Phi) is 4.70. The molecular formula is C23H22N2O2. The molecule has 1 unspecified atom stereocenters. The number of fused-ring (bicyclic) bond motifs is 1. The van der Waals surface area contributed by atoms with E-state index in [1.165, 1.54) is 5.56 Å². The second kappa shape index (κ2) is 7.30. The van der Waals surface area contributed by atoms with Gasteiger partial charge in [-0.25, -0.2) is 0 Å². The van der Waals surface area contributed by atoms with Crippen molar-refractivity contribution in [2.45, 2.75) is 38.5 Å². The molecular weight excluding hydrogens is 336 g/mol. The van der Waals surface area contributed by atoms with Gasteiger partial charge in [0.05, 0.1) is 6.42 Å². The second-order valence-corrected chi connectivity index (χ2v) is 6.94. The average Bonchev–Trinajstić information content (AvgIpc) is 3.11. The zero-order valence-corrected chi connectivity index (χ0v) is 15.3. The first-order valence-corrected chi connectivity index (χ1v) is 9.24. The zero-order valence-electron chi connectivity index (χ0n) is 15.3. The number of hydrogen-bond donors (Lipinski definition) is 1. The van der Waals surface area contributed by atoms with E-state index >= 15 is 0 Å². The highest BCUT2D eigenvalue weighted by molar-refractivity contribution is 5.73. The Labute approximate surface area is 159 Å². The van der Waals surface area contributed by atoms with Crippen LogP contribution in [-0.4, -0.2) is 18.1 Å². The monoisotopic (exact) mass is 358 g/mol. The van der Waals surface area contributed by atoms with Gasteiger partial charge >= 0.3 is 5.97 Å². The predicted molar refractivity (Wildman–Crippen MR) is 107 cm³/mol. The molecule has 27 heavy (non-hydrogen) atoms. The van der Waals surface area contributed by atoms with Gasteiger partial charge in [0.15, 0.2) is 6.10 Å². The zero-order chi connectivity index (χ0) is 18.8. The Morgan fingerprint density at radius 1 is 1.19 bits per heavy atom. The Balaban J connectivity index is 1.72. The summed E-state index contributed by atoms with van der Waals surface area (Å²) in [6.45, 7) is 2.72. The van der Waals surface area contributed by atoms with Crippen LogP contribution in [0.5, 0.6) is 0 Å². The van der Waals surface area contributed by atoms with Crippen molar-refractivity contribution in [3.8, 4) is 11.8 Å². The van der Waals surface area contributed by atoms with E-state index in [1.807, 2.05) is 37.3 Å². The van der Waals surface area contributed by atoms with Gasteiger partial charge in [-0.3, -0.25) is 4.79 Å². The maximum Gasteiger partial charge on any atom is 0.307 e. The van der Waals surface area contributed by atoms with E-state index in [4.69, 9.17) is 10.5 Å². The maximum absolute atomic E-state index is 11.3. The van der Waals surface area contributed by atoms with Gasteiger partial charge < -0.3 is 15.4 Å². The number of para-hydroxylation sites is 1. The van der Waals surface area contributed by atoms with E-state index in [-0.39, 0.29) is 18.1 Å². The second-order valence-electron chi connectivity index (χ2n) is 6.94. The van der Waals surface area contributed by atoms with Crippen LogP contribution >= 0.6 is 0 Å². The predicted octanol–water partition coefficient (Wildman–Crippen LogP) is 3.45. The maximum atomic E-state index is 11.3. The Morgan fingerprint density at radius 3 is 2.70 bits per heavy atom. The van der Waals surface area contributed by atoms with Crippen molar-refractivity contribution in [2.75, 3.05) is 4.90 Å². The molecule has 0 aromatic heterocycles. The molecule has 2 aliphatic rings. The number of cyclic esters (lactones) is 1. The normalized spacial score (nSPS) is 19.5. The van der Waals surface area contributed by atoms with E-state index in [0.29, 0.717) is 19.4 Å². The van der Waals surface area contributed by atoms with E-state index in [2.05, 4.69) is 41.0 Å². The van der Waals surface area contributed by atoms with Crippen molar-refractivity contribution in [3.05, 3.63) is 70.9 Å². The third kappa shape index (κ3) is 3.60. The van der Waals surface area contributed by atoms with Gasteiger partial charge in [-0.1, -0.05) is 42.2 Å². The standard InChI is InChI=1S/C23H22N2O2/c1-16(24)22-14-18-7-5-6-17(10-11-20-12-13-23(26)27-20)21(18)15-25(22)19-8-3-2-4-9-19/h2-9,14,16,20H,12-13,15,24H2,1H3/t16-,20?/m0/s1. The Bertz CT molecular complexity index is 951. The lowest BCUT2D eigenvalue weighted by Gasteiger charge is -2.34. The van der Waals surface area contributed by atoms with Crippen LogP contribution in [0.2, 0.25) is 0 Å². The summed E-state index contributed by atoms with van der Waals surface area (Å²) >= 11 is 0. The fraction of sp³-hybridized carbons (Fsp3) is 0.261. The molecule has 4 nitrogen and oxygen atoms in total. The molecule has 2 heterocycles. The first kappa shape index (κ1) is 17.4. The molecule has 2 aliphatic heterocycles. The molecule has 2 N–H and O–H groups in total. The van der Waals surface area contributed by atoms with Gasteiger partial charge in [-0.2, -0.15) is 0 Å². The first-order valence-electron chi connectivity index (χ1n) is 9.24. The molecule has 2 aromatic rings. The van der Waals surface area contributed by atoms with Crippen LogP contribution in [0.15, 0.2) is 54.2 Å². The Hall–Kier alpha value is -3.03. The minimum absolute atomic E-state index is 0.0778. The van der Waals surface area contributed by atoms with Crippen molar-refractivity contribution >= 4 is 17.7 Å². The molecule has 0 spiro atoms. The van der Waals surface area contributed by atoms with Crippen LogP contribution in [0, 0.1) is 11.8 Å². The van der Waals surface area contributed by atoms with Crippen LogP contribution in [0.1, 0.15) is 36.5 Å². The summed E-state index contributed by atoms with van der Waals surface area (Å²) in [6.07, 6.45) is 2.98. The van der Waals surface area contributed by atoms with Crippen molar-refractivity contribution in [3.63, 3.8) is 0 Å². The molecule has 0 bridgehead atoms. The van der Waals surface area contributed by atoms with Crippen LogP contribution in [0.3, 0.4) is 0 Å². The summed E-state index contributed by atoms with van der Waals surface area (Å²) in [5.74, 6) is 6.18. The fourth-order valence-electron chi connectivity index (χ4n) is 3.53. The third-order valence-corrected chi connectivity index (χ3v) is 4.93. The summed E-state index contributed by atoms with van der Waals surface area (Å²) in [5.41, 5.74) is 11.7. The number of hydrogen-bond acceptors (Lipinski definition) is 4. The van der Waals surface area contributed by atoms with E-state index in [0.717, 1.165) is 22.5 Å². The quantitative estimate of drug-likeness (QED) is 0.660. The summed E-state index contributed by atoms with van der Waals surface area (Å²) in [4.78, 5) is 13.5. The van der Waals surface area contributed by atoms with E-state index in [1.54, 1.807) is 0 Å². The number of nitrogens with two attached hydrogens (primary N) is 1. The lowest BCUT2D eigenvalue weighted by atomic mass is 9.94. The number of anilines is 1. The highest BCUT2D eigenvalue weighted by Crippen LogP contribution is 2.32.